The molecule has 0 saturated carbocycles. The number of fused-ring (bicyclic) bond motifs is 1. The van der Waals surface area contributed by atoms with E-state index < -0.39 is 0 Å². The van der Waals surface area contributed by atoms with Crippen LogP contribution in [0, 0.1) is 10.8 Å². The minimum Gasteiger partial charge on any atom is -0.369 e. The molecule has 7 N–H and O–H groups in total. The van der Waals surface area contributed by atoms with E-state index in [1.54, 1.807) is 0 Å². The van der Waals surface area contributed by atoms with Crippen LogP contribution in [0.4, 0.5) is 0 Å². The molecule has 0 spiro atoms. The molecule has 1 aromatic rings. The van der Waals surface area contributed by atoms with Crippen molar-refractivity contribution >= 4 is 24.3 Å². The van der Waals surface area contributed by atoms with Crippen LogP contribution >= 0.6 is 12.4 Å². The van der Waals surface area contributed by atoms with Gasteiger partial charge in [-0.05, 0) is 48.8 Å². The minimum absolute atomic E-state index is 0. The summed E-state index contributed by atoms with van der Waals surface area (Å²) in [7, 11) is 0. The predicted octanol–water partition coefficient (Wildman–Crippen LogP) is 1.04. The first-order valence-corrected chi connectivity index (χ1v) is 6.94. The van der Waals surface area contributed by atoms with Crippen LogP contribution in [-0.2, 0) is 19.3 Å². The quantitative estimate of drug-likeness (QED) is 0.285. The third-order valence-corrected chi connectivity index (χ3v) is 3.45. The van der Waals surface area contributed by atoms with E-state index in [4.69, 9.17) is 16.6 Å². The Morgan fingerprint density at radius 3 is 2.52 bits per heavy atom. The van der Waals surface area contributed by atoms with Gasteiger partial charge in [0.05, 0.1) is 0 Å². The molecule has 0 saturated heterocycles. The van der Waals surface area contributed by atoms with Crippen molar-refractivity contribution in [3.05, 3.63) is 34.9 Å². The molecule has 1 aliphatic rings. The van der Waals surface area contributed by atoms with Gasteiger partial charge in [-0.2, -0.15) is 0 Å². The molecule has 0 amide bonds. The maximum atomic E-state index is 7.56. The highest BCUT2D eigenvalue weighted by Crippen LogP contribution is 2.22. The van der Waals surface area contributed by atoms with E-state index >= 15 is 0 Å². The number of hydrogen-bond donors (Lipinski definition) is 6. The second-order valence-electron chi connectivity index (χ2n) is 5.03. The highest BCUT2D eigenvalue weighted by molar-refractivity contribution is 5.85. The van der Waals surface area contributed by atoms with Crippen LogP contribution < -0.4 is 21.9 Å². The van der Waals surface area contributed by atoms with E-state index in [0.29, 0.717) is 6.54 Å². The summed E-state index contributed by atoms with van der Waals surface area (Å²) in [5.74, 6) is -0.107. The molecule has 1 aromatic carbocycles. The average Bonchev–Trinajstić information content (AvgIpc) is 2.45. The Bertz CT molecular complexity index is 502. The summed E-state index contributed by atoms with van der Waals surface area (Å²) in [4.78, 5) is 0. The van der Waals surface area contributed by atoms with Gasteiger partial charge in [0.1, 0.15) is 0 Å². The molecule has 116 valence electrons. The molecule has 7 heteroatoms. The summed E-state index contributed by atoms with van der Waals surface area (Å²) in [6.45, 7) is 0.671. The maximum Gasteiger partial charge on any atom is 0.207 e. The van der Waals surface area contributed by atoms with E-state index in [2.05, 4.69) is 34.4 Å². The van der Waals surface area contributed by atoms with Gasteiger partial charge in [-0.25, -0.2) is 0 Å². The Hall–Kier alpha value is -1.95. The fourth-order valence-corrected chi connectivity index (χ4v) is 2.45. The first kappa shape index (κ1) is 17.1. The summed E-state index contributed by atoms with van der Waals surface area (Å²) in [6.07, 6.45) is 5.87. The molecule has 0 aromatic heterocycles. The van der Waals surface area contributed by atoms with Crippen LogP contribution in [0.1, 0.15) is 29.5 Å². The van der Waals surface area contributed by atoms with Gasteiger partial charge in [0, 0.05) is 6.54 Å². The third kappa shape index (κ3) is 5.51. The lowest BCUT2D eigenvalue weighted by atomic mass is 9.90. The molecule has 0 heterocycles. The highest BCUT2D eigenvalue weighted by atomic mass is 35.5. The molecule has 1 aliphatic carbocycles. The molecule has 0 fully saturated rings. The molecule has 21 heavy (non-hydrogen) atoms. The predicted molar refractivity (Wildman–Crippen MR) is 88.0 cm³/mol. The molecular weight excluding hydrogens is 288 g/mol. The van der Waals surface area contributed by atoms with Gasteiger partial charge in [-0.15, -0.1) is 12.4 Å². The van der Waals surface area contributed by atoms with Crippen molar-refractivity contribution in [2.75, 3.05) is 6.54 Å². The number of hydrazine groups is 1. The lowest BCUT2D eigenvalue weighted by Gasteiger charge is -2.17. The number of nitrogens with two attached hydrogens (primary N) is 1. The second-order valence-corrected chi connectivity index (χ2v) is 5.03. The van der Waals surface area contributed by atoms with Gasteiger partial charge in [-0.3, -0.25) is 21.7 Å². The van der Waals surface area contributed by atoms with Crippen molar-refractivity contribution < 1.29 is 0 Å². The van der Waals surface area contributed by atoms with Gasteiger partial charge >= 0.3 is 0 Å². The Labute approximate surface area is 131 Å². The number of guanidine groups is 2. The largest absolute Gasteiger partial charge is 0.369 e. The SMILES string of the molecule is Cl.N=C(N)NNC(=N)NCCc1ccc2c(c1)CCCC2. The summed E-state index contributed by atoms with van der Waals surface area (Å²) >= 11 is 0. The number of halogens is 1. The Balaban J connectivity index is 0.00000220. The third-order valence-electron chi connectivity index (χ3n) is 3.45. The van der Waals surface area contributed by atoms with Crippen molar-refractivity contribution in [2.24, 2.45) is 5.73 Å². The number of aryl methyl sites for hydroxylation is 2. The van der Waals surface area contributed by atoms with Crippen LogP contribution in [0.3, 0.4) is 0 Å². The van der Waals surface area contributed by atoms with Crippen molar-refractivity contribution in [1.82, 2.24) is 16.2 Å². The smallest absolute Gasteiger partial charge is 0.207 e. The highest BCUT2D eigenvalue weighted by Gasteiger charge is 2.09. The van der Waals surface area contributed by atoms with Crippen molar-refractivity contribution in [3.8, 4) is 0 Å². The molecule has 2 rings (SSSR count). The summed E-state index contributed by atoms with van der Waals surface area (Å²) in [5, 5.41) is 17.5. The standard InChI is InChI=1S/C14H22N6.ClH/c15-13(16)19-20-14(17)18-8-7-10-5-6-11-3-1-2-4-12(11)9-10;/h5-6,9H,1-4,7-8H2,(H4,15,16,19)(H3,17,18,20);1H. The monoisotopic (exact) mass is 310 g/mol. The van der Waals surface area contributed by atoms with E-state index in [0.717, 1.165) is 6.42 Å². The van der Waals surface area contributed by atoms with Gasteiger partial charge < -0.3 is 11.1 Å². The zero-order valence-electron chi connectivity index (χ0n) is 12.0. The first-order valence-electron chi connectivity index (χ1n) is 6.94. The first-order chi connectivity index (χ1) is 9.65. The Morgan fingerprint density at radius 1 is 1.10 bits per heavy atom. The molecule has 6 nitrogen and oxygen atoms in total. The number of benzene rings is 1. The summed E-state index contributed by atoms with van der Waals surface area (Å²) in [6, 6.07) is 6.71. The van der Waals surface area contributed by atoms with Crippen molar-refractivity contribution in [1.29, 1.82) is 10.8 Å². The van der Waals surface area contributed by atoms with Gasteiger partial charge in [0.2, 0.25) is 11.9 Å². The Kier molecular flexibility index (Phi) is 6.81. The van der Waals surface area contributed by atoms with E-state index in [1.165, 1.54) is 42.4 Å². The fourth-order valence-electron chi connectivity index (χ4n) is 2.45. The molecular formula is C14H23ClN6. The molecule has 0 aliphatic heterocycles. The van der Waals surface area contributed by atoms with Crippen molar-refractivity contribution in [3.63, 3.8) is 0 Å². The van der Waals surface area contributed by atoms with Crippen molar-refractivity contribution in [2.45, 2.75) is 32.1 Å². The number of rotatable bonds is 3. The lowest BCUT2D eigenvalue weighted by molar-refractivity contribution is 0.683. The summed E-state index contributed by atoms with van der Waals surface area (Å²) in [5.41, 5.74) is 14.2. The van der Waals surface area contributed by atoms with Gasteiger partial charge in [0.15, 0.2) is 0 Å². The zero-order chi connectivity index (χ0) is 14.4. The van der Waals surface area contributed by atoms with E-state index in [9.17, 15) is 0 Å². The lowest BCUT2D eigenvalue weighted by Crippen LogP contribution is -2.49. The topological polar surface area (TPSA) is 110 Å². The van der Waals surface area contributed by atoms with Crippen LogP contribution in [-0.4, -0.2) is 18.5 Å². The Morgan fingerprint density at radius 2 is 1.81 bits per heavy atom. The molecule has 0 atom stereocenters. The molecule has 0 radical (unpaired) electrons. The zero-order valence-corrected chi connectivity index (χ0v) is 12.8. The minimum atomic E-state index is -0.216. The fraction of sp³-hybridized carbons (Fsp3) is 0.429. The van der Waals surface area contributed by atoms with E-state index in [1.807, 2.05) is 0 Å². The second kappa shape index (κ2) is 8.36. The van der Waals surface area contributed by atoms with Crippen LogP contribution in [0.5, 0.6) is 0 Å². The maximum absolute atomic E-state index is 7.56. The van der Waals surface area contributed by atoms with Gasteiger partial charge in [-0.1, -0.05) is 18.2 Å². The molecule has 0 bridgehead atoms. The van der Waals surface area contributed by atoms with Crippen LogP contribution in [0.15, 0.2) is 18.2 Å². The number of nitrogens with one attached hydrogen (secondary N) is 5. The summed E-state index contributed by atoms with van der Waals surface area (Å²) < 4.78 is 0. The van der Waals surface area contributed by atoms with Crippen LogP contribution in [0.25, 0.3) is 0 Å². The van der Waals surface area contributed by atoms with Gasteiger partial charge in [0.25, 0.3) is 0 Å². The van der Waals surface area contributed by atoms with E-state index in [-0.39, 0.29) is 24.3 Å². The molecule has 0 unspecified atom stereocenters. The number of hydrogen-bond acceptors (Lipinski definition) is 2. The van der Waals surface area contributed by atoms with Crippen LogP contribution in [0.2, 0.25) is 0 Å². The normalized spacial score (nSPS) is 12.6. The average molecular weight is 311 g/mol.